The molecule has 0 spiro atoms. The van der Waals surface area contributed by atoms with Gasteiger partial charge in [0, 0.05) is 26.9 Å². The van der Waals surface area contributed by atoms with E-state index in [-0.39, 0.29) is 5.82 Å². The van der Waals surface area contributed by atoms with Gasteiger partial charge in [0.25, 0.3) is 0 Å². The first kappa shape index (κ1) is 12.8. The van der Waals surface area contributed by atoms with Crippen LogP contribution >= 0.6 is 31.9 Å². The maximum atomic E-state index is 13.9. The fourth-order valence-corrected chi connectivity index (χ4v) is 2.62. The van der Waals surface area contributed by atoms with Crippen molar-refractivity contribution >= 4 is 37.5 Å². The molecule has 3 aromatic rings. The molecule has 0 bridgehead atoms. The summed E-state index contributed by atoms with van der Waals surface area (Å²) in [6, 6.07) is 6.81. The monoisotopic (exact) mass is 382 g/mol. The molecule has 0 aliphatic carbocycles. The smallest absolute Gasteiger partial charge is 0.137 e. The van der Waals surface area contributed by atoms with Crippen LogP contribution in [-0.2, 0) is 0 Å². The minimum Gasteiger partial charge on any atom is -0.305 e. The summed E-state index contributed by atoms with van der Waals surface area (Å²) in [5.41, 5.74) is 3.01. The van der Waals surface area contributed by atoms with Crippen LogP contribution in [0.4, 0.5) is 4.39 Å². The lowest BCUT2D eigenvalue weighted by molar-refractivity contribution is 0.630. The van der Waals surface area contributed by atoms with Gasteiger partial charge in [-0.15, -0.1) is 0 Å². The summed E-state index contributed by atoms with van der Waals surface area (Å²) < 4.78 is 17.6. The Bertz CT molecular complexity index is 741. The quantitative estimate of drug-likeness (QED) is 0.579. The van der Waals surface area contributed by atoms with Gasteiger partial charge in [0.05, 0.1) is 5.69 Å². The summed E-state index contributed by atoms with van der Waals surface area (Å²) >= 11 is 6.83. The molecule has 2 nitrogen and oxygen atoms in total. The molecule has 0 saturated carbocycles. The van der Waals surface area contributed by atoms with Crippen molar-refractivity contribution in [3.8, 4) is 11.3 Å². The van der Waals surface area contributed by atoms with E-state index >= 15 is 0 Å². The molecule has 0 radical (unpaired) electrons. The van der Waals surface area contributed by atoms with Crippen LogP contribution in [0.5, 0.6) is 0 Å². The zero-order chi connectivity index (χ0) is 13.6. The highest BCUT2D eigenvalue weighted by molar-refractivity contribution is 9.10. The molecule has 5 heteroatoms. The molecule has 19 heavy (non-hydrogen) atoms. The Labute approximate surface area is 126 Å². The number of hydrogen-bond acceptors (Lipinski definition) is 1. The van der Waals surface area contributed by atoms with Gasteiger partial charge in [-0.1, -0.05) is 15.9 Å². The number of pyridine rings is 1. The molecule has 0 atom stereocenters. The van der Waals surface area contributed by atoms with Gasteiger partial charge in [-0.25, -0.2) is 9.37 Å². The topological polar surface area (TPSA) is 17.3 Å². The van der Waals surface area contributed by atoms with Crippen molar-refractivity contribution in [1.82, 2.24) is 9.38 Å². The Morgan fingerprint density at radius 1 is 1.16 bits per heavy atom. The molecule has 3 rings (SSSR count). The van der Waals surface area contributed by atoms with Gasteiger partial charge in [0.2, 0.25) is 0 Å². The highest BCUT2D eigenvalue weighted by Crippen LogP contribution is 2.27. The van der Waals surface area contributed by atoms with E-state index in [9.17, 15) is 4.39 Å². The molecule has 2 aromatic heterocycles. The Morgan fingerprint density at radius 3 is 2.74 bits per heavy atom. The Kier molecular flexibility index (Phi) is 3.19. The van der Waals surface area contributed by atoms with Crippen molar-refractivity contribution < 1.29 is 4.39 Å². The second-order valence-corrected chi connectivity index (χ2v) is 6.09. The molecule has 96 valence electrons. The first-order chi connectivity index (χ1) is 9.04. The van der Waals surface area contributed by atoms with Crippen molar-refractivity contribution in [3.05, 3.63) is 57.0 Å². The Hall–Kier alpha value is -1.20. The SMILES string of the molecule is Cc1cc2nc(-c3cc(Br)ccc3F)cn2cc1Br. The second kappa shape index (κ2) is 4.72. The minimum absolute atomic E-state index is 0.276. The van der Waals surface area contributed by atoms with Crippen molar-refractivity contribution in [2.24, 2.45) is 0 Å². The van der Waals surface area contributed by atoms with E-state index in [4.69, 9.17) is 0 Å². The number of nitrogens with zero attached hydrogens (tertiary/aromatic N) is 2. The zero-order valence-electron chi connectivity index (χ0n) is 9.99. The maximum absolute atomic E-state index is 13.9. The van der Waals surface area contributed by atoms with Crippen molar-refractivity contribution in [3.63, 3.8) is 0 Å². The molecule has 0 fully saturated rings. The number of rotatable bonds is 1. The minimum atomic E-state index is -0.276. The van der Waals surface area contributed by atoms with Crippen LogP contribution in [0.1, 0.15) is 5.56 Å². The fourth-order valence-electron chi connectivity index (χ4n) is 1.93. The summed E-state index contributed by atoms with van der Waals surface area (Å²) in [6.07, 6.45) is 3.75. The van der Waals surface area contributed by atoms with Crippen LogP contribution in [0.2, 0.25) is 0 Å². The number of hydrogen-bond donors (Lipinski definition) is 0. The fraction of sp³-hybridized carbons (Fsp3) is 0.0714. The van der Waals surface area contributed by atoms with Crippen LogP contribution in [0.25, 0.3) is 16.9 Å². The summed E-state index contributed by atoms with van der Waals surface area (Å²) in [4.78, 5) is 4.47. The van der Waals surface area contributed by atoms with Gasteiger partial charge in [-0.05, 0) is 52.7 Å². The Balaban J connectivity index is 2.23. The highest BCUT2D eigenvalue weighted by atomic mass is 79.9. The third-order valence-electron chi connectivity index (χ3n) is 2.94. The molecule has 0 N–H and O–H groups in total. The summed E-state index contributed by atoms with van der Waals surface area (Å²) in [7, 11) is 0. The van der Waals surface area contributed by atoms with E-state index in [0.717, 1.165) is 20.2 Å². The first-order valence-corrected chi connectivity index (χ1v) is 7.23. The average Bonchev–Trinajstić information content (AvgIpc) is 2.75. The third-order valence-corrected chi connectivity index (χ3v) is 4.26. The largest absolute Gasteiger partial charge is 0.305 e. The predicted octanol–water partition coefficient (Wildman–Crippen LogP) is 4.97. The van der Waals surface area contributed by atoms with Crippen LogP contribution in [0.3, 0.4) is 0 Å². The normalized spacial score (nSPS) is 11.2. The molecular formula is C14H9Br2FN2. The number of halogens is 3. The number of imidazole rings is 1. The van der Waals surface area contributed by atoms with E-state index in [0.29, 0.717) is 11.3 Å². The van der Waals surface area contributed by atoms with E-state index in [1.54, 1.807) is 12.1 Å². The lowest BCUT2D eigenvalue weighted by Crippen LogP contribution is -1.85. The Morgan fingerprint density at radius 2 is 1.95 bits per heavy atom. The van der Waals surface area contributed by atoms with Gasteiger partial charge in [0.15, 0.2) is 0 Å². The molecule has 1 aromatic carbocycles. The van der Waals surface area contributed by atoms with Gasteiger partial charge in [0.1, 0.15) is 11.5 Å². The summed E-state index contributed by atoms with van der Waals surface area (Å²) in [6.45, 7) is 2.00. The molecule has 0 amide bonds. The van der Waals surface area contributed by atoms with E-state index in [1.165, 1.54) is 6.07 Å². The van der Waals surface area contributed by atoms with Crippen molar-refractivity contribution in [2.45, 2.75) is 6.92 Å². The summed E-state index contributed by atoms with van der Waals surface area (Å²) in [5.74, 6) is -0.276. The number of aryl methyl sites for hydroxylation is 1. The van der Waals surface area contributed by atoms with Crippen LogP contribution in [-0.4, -0.2) is 9.38 Å². The second-order valence-electron chi connectivity index (χ2n) is 4.32. The van der Waals surface area contributed by atoms with Gasteiger partial charge in [-0.3, -0.25) is 0 Å². The maximum Gasteiger partial charge on any atom is 0.137 e. The van der Waals surface area contributed by atoms with E-state index < -0.39 is 0 Å². The number of benzene rings is 1. The average molecular weight is 384 g/mol. The van der Waals surface area contributed by atoms with Crippen molar-refractivity contribution in [1.29, 1.82) is 0 Å². The van der Waals surface area contributed by atoms with Crippen molar-refractivity contribution in [2.75, 3.05) is 0 Å². The molecule has 0 unspecified atom stereocenters. The standard InChI is InChI=1S/C14H9Br2FN2/c1-8-4-14-18-13(7-19(14)6-11(8)16)10-5-9(15)2-3-12(10)17/h2-7H,1H3. The third kappa shape index (κ3) is 2.32. The first-order valence-electron chi connectivity index (χ1n) is 5.65. The van der Waals surface area contributed by atoms with E-state index in [2.05, 4.69) is 36.8 Å². The summed E-state index contributed by atoms with van der Waals surface area (Å²) in [5, 5.41) is 0. The lowest BCUT2D eigenvalue weighted by Gasteiger charge is -1.99. The number of fused-ring (bicyclic) bond motifs is 1. The molecule has 0 saturated heterocycles. The van der Waals surface area contributed by atoms with Gasteiger partial charge in [-0.2, -0.15) is 0 Å². The van der Waals surface area contributed by atoms with Crippen LogP contribution in [0.15, 0.2) is 45.6 Å². The molecule has 0 aliphatic rings. The molecule has 2 heterocycles. The van der Waals surface area contributed by atoms with Crippen LogP contribution < -0.4 is 0 Å². The number of aromatic nitrogens is 2. The van der Waals surface area contributed by atoms with E-state index in [1.807, 2.05) is 29.8 Å². The lowest BCUT2D eigenvalue weighted by atomic mass is 10.1. The predicted molar refractivity (Wildman–Crippen MR) is 80.7 cm³/mol. The highest BCUT2D eigenvalue weighted by Gasteiger charge is 2.10. The molecular weight excluding hydrogens is 375 g/mol. The van der Waals surface area contributed by atoms with Gasteiger partial charge < -0.3 is 4.40 Å². The zero-order valence-corrected chi connectivity index (χ0v) is 13.2. The van der Waals surface area contributed by atoms with Gasteiger partial charge >= 0.3 is 0 Å². The van der Waals surface area contributed by atoms with Crippen LogP contribution in [0, 0.1) is 12.7 Å². The molecule has 0 aliphatic heterocycles.